The van der Waals surface area contributed by atoms with E-state index in [1.165, 1.54) is 6.20 Å². The minimum Gasteiger partial charge on any atom is -0.332 e. The van der Waals surface area contributed by atoms with Crippen LogP contribution in [0.1, 0.15) is 46.2 Å². The maximum Gasteiger partial charge on any atom is 0.263 e. The maximum absolute atomic E-state index is 13.1. The first kappa shape index (κ1) is 18.1. The molecule has 142 valence electrons. The number of nitrogens with zero attached hydrogens (tertiary/aromatic N) is 3. The smallest absolute Gasteiger partial charge is 0.263 e. The molecule has 4 rings (SSSR count). The zero-order chi connectivity index (χ0) is 19.3. The summed E-state index contributed by atoms with van der Waals surface area (Å²) < 4.78 is 0. The number of benzene rings is 1. The molecule has 28 heavy (non-hydrogen) atoms. The fraction of sp³-hybridized carbons (Fsp3) is 0.273. The molecule has 1 N–H and O–H groups in total. The molecule has 0 radical (unpaired) electrons. The molecule has 3 aromatic rings. The van der Waals surface area contributed by atoms with E-state index in [1.807, 2.05) is 48.5 Å². The number of aromatic nitrogens is 3. The standard InChI is InChI=1S/C22H22N4O2/c27-21-19(14-24-20(25-21)17-9-10-17)22(28)26(15-18-8-4-5-12-23-18)13-11-16-6-2-1-3-7-16/h1-8,12,14,17H,9-11,13,15H2,(H,24,25,27). The van der Waals surface area contributed by atoms with E-state index >= 15 is 0 Å². The van der Waals surface area contributed by atoms with Crippen molar-refractivity contribution in [1.29, 1.82) is 0 Å². The highest BCUT2D eigenvalue weighted by Gasteiger charge is 2.27. The lowest BCUT2D eigenvalue weighted by molar-refractivity contribution is 0.0740. The van der Waals surface area contributed by atoms with Crippen molar-refractivity contribution in [3.63, 3.8) is 0 Å². The molecule has 0 aliphatic heterocycles. The Morgan fingerprint density at radius 1 is 1.07 bits per heavy atom. The molecule has 1 saturated carbocycles. The molecule has 0 bridgehead atoms. The van der Waals surface area contributed by atoms with Crippen molar-refractivity contribution in [2.24, 2.45) is 0 Å². The average Bonchev–Trinajstić information content (AvgIpc) is 3.57. The van der Waals surface area contributed by atoms with E-state index in [0.29, 0.717) is 31.3 Å². The van der Waals surface area contributed by atoms with Crippen LogP contribution in [0.4, 0.5) is 0 Å². The molecule has 0 unspecified atom stereocenters. The van der Waals surface area contributed by atoms with E-state index in [9.17, 15) is 9.59 Å². The third-order valence-corrected chi connectivity index (χ3v) is 4.89. The number of nitrogens with one attached hydrogen (secondary N) is 1. The Kier molecular flexibility index (Phi) is 5.28. The molecular weight excluding hydrogens is 352 g/mol. The summed E-state index contributed by atoms with van der Waals surface area (Å²) in [6.45, 7) is 0.833. The van der Waals surface area contributed by atoms with Gasteiger partial charge in [0.15, 0.2) is 0 Å². The van der Waals surface area contributed by atoms with E-state index in [4.69, 9.17) is 0 Å². The van der Waals surface area contributed by atoms with Crippen LogP contribution in [0, 0.1) is 0 Å². The highest BCUT2D eigenvalue weighted by molar-refractivity contribution is 5.93. The molecule has 1 amide bonds. The Hall–Kier alpha value is -3.28. The lowest BCUT2D eigenvalue weighted by atomic mass is 10.1. The quantitative estimate of drug-likeness (QED) is 0.690. The topological polar surface area (TPSA) is 79.0 Å². The molecule has 1 aliphatic rings. The van der Waals surface area contributed by atoms with E-state index < -0.39 is 0 Å². The van der Waals surface area contributed by atoms with Crippen LogP contribution in [0.2, 0.25) is 0 Å². The Labute approximate surface area is 163 Å². The molecule has 1 aliphatic carbocycles. The number of rotatable bonds is 7. The van der Waals surface area contributed by atoms with Gasteiger partial charge in [-0.05, 0) is 37.0 Å². The molecule has 1 aromatic carbocycles. The van der Waals surface area contributed by atoms with E-state index in [-0.39, 0.29) is 17.0 Å². The van der Waals surface area contributed by atoms with Gasteiger partial charge in [-0.1, -0.05) is 36.4 Å². The number of H-pyrrole nitrogens is 1. The number of aromatic amines is 1. The number of hydrogen-bond acceptors (Lipinski definition) is 4. The summed E-state index contributed by atoms with van der Waals surface area (Å²) in [5, 5.41) is 0. The predicted octanol–water partition coefficient (Wildman–Crippen LogP) is 2.93. The first-order valence-electron chi connectivity index (χ1n) is 9.53. The summed E-state index contributed by atoms with van der Waals surface area (Å²) in [5.74, 6) is 0.694. The van der Waals surface area contributed by atoms with Gasteiger partial charge in [0, 0.05) is 24.9 Å². The maximum atomic E-state index is 13.1. The molecule has 6 heteroatoms. The summed E-state index contributed by atoms with van der Waals surface area (Å²) in [4.78, 5) is 38.7. The number of pyridine rings is 1. The van der Waals surface area contributed by atoms with Crippen LogP contribution in [0.15, 0.2) is 65.7 Å². The fourth-order valence-corrected chi connectivity index (χ4v) is 3.14. The number of amides is 1. The van der Waals surface area contributed by atoms with Crippen LogP contribution < -0.4 is 5.56 Å². The van der Waals surface area contributed by atoms with Gasteiger partial charge in [-0.25, -0.2) is 4.98 Å². The minimum atomic E-state index is -0.368. The minimum absolute atomic E-state index is 0.0772. The van der Waals surface area contributed by atoms with Crippen molar-refractivity contribution in [1.82, 2.24) is 19.9 Å². The van der Waals surface area contributed by atoms with Crippen LogP contribution in [0.5, 0.6) is 0 Å². The van der Waals surface area contributed by atoms with Crippen LogP contribution in [0.3, 0.4) is 0 Å². The summed E-state index contributed by atoms with van der Waals surface area (Å²) in [7, 11) is 0. The van der Waals surface area contributed by atoms with Gasteiger partial charge in [0.2, 0.25) is 0 Å². The third-order valence-electron chi connectivity index (χ3n) is 4.89. The molecule has 0 spiro atoms. The van der Waals surface area contributed by atoms with Crippen molar-refractivity contribution < 1.29 is 4.79 Å². The van der Waals surface area contributed by atoms with Crippen molar-refractivity contribution in [3.8, 4) is 0 Å². The van der Waals surface area contributed by atoms with Crippen molar-refractivity contribution >= 4 is 5.91 Å². The van der Waals surface area contributed by atoms with Crippen LogP contribution in [-0.4, -0.2) is 32.3 Å². The zero-order valence-corrected chi connectivity index (χ0v) is 15.5. The second-order valence-electron chi connectivity index (χ2n) is 7.07. The Bertz CT molecular complexity index is 998. The summed E-state index contributed by atoms with van der Waals surface area (Å²) in [6, 6.07) is 15.6. The number of hydrogen-bond donors (Lipinski definition) is 1. The average molecular weight is 374 g/mol. The Balaban J connectivity index is 1.56. The molecule has 2 heterocycles. The lowest BCUT2D eigenvalue weighted by Gasteiger charge is -2.22. The summed E-state index contributed by atoms with van der Waals surface area (Å²) in [5.41, 5.74) is 1.63. The number of carbonyl (C=O) groups is 1. The van der Waals surface area contributed by atoms with Gasteiger partial charge in [-0.2, -0.15) is 0 Å². The molecule has 0 atom stereocenters. The summed E-state index contributed by atoms with van der Waals surface area (Å²) in [6.07, 6.45) is 5.90. The second-order valence-corrected chi connectivity index (χ2v) is 7.07. The monoisotopic (exact) mass is 374 g/mol. The van der Waals surface area contributed by atoms with Gasteiger partial charge in [-0.15, -0.1) is 0 Å². The van der Waals surface area contributed by atoms with Gasteiger partial charge >= 0.3 is 0 Å². The second kappa shape index (κ2) is 8.17. The summed E-state index contributed by atoms with van der Waals surface area (Å²) >= 11 is 0. The van der Waals surface area contributed by atoms with Crippen LogP contribution >= 0.6 is 0 Å². The Morgan fingerprint density at radius 2 is 1.86 bits per heavy atom. The Morgan fingerprint density at radius 3 is 2.54 bits per heavy atom. The zero-order valence-electron chi connectivity index (χ0n) is 15.5. The van der Waals surface area contributed by atoms with Crippen LogP contribution in [0.25, 0.3) is 0 Å². The van der Waals surface area contributed by atoms with Gasteiger partial charge in [0.25, 0.3) is 11.5 Å². The van der Waals surface area contributed by atoms with Gasteiger partial charge in [-0.3, -0.25) is 14.6 Å². The van der Waals surface area contributed by atoms with Crippen LogP contribution in [-0.2, 0) is 13.0 Å². The van der Waals surface area contributed by atoms with E-state index in [2.05, 4.69) is 15.0 Å². The molecule has 6 nitrogen and oxygen atoms in total. The molecule has 1 fully saturated rings. The normalized spacial score (nSPS) is 13.3. The van der Waals surface area contributed by atoms with E-state index in [1.54, 1.807) is 11.1 Å². The van der Waals surface area contributed by atoms with Crippen molar-refractivity contribution in [2.45, 2.75) is 31.7 Å². The SMILES string of the molecule is O=C(c1cnc(C2CC2)[nH]c1=O)N(CCc1ccccc1)Cc1ccccn1. The van der Waals surface area contributed by atoms with Gasteiger partial charge in [0.1, 0.15) is 11.4 Å². The highest BCUT2D eigenvalue weighted by atomic mass is 16.2. The first-order valence-corrected chi connectivity index (χ1v) is 9.53. The highest BCUT2D eigenvalue weighted by Crippen LogP contribution is 2.37. The first-order chi connectivity index (χ1) is 13.7. The predicted molar refractivity (Wildman–Crippen MR) is 106 cm³/mol. The van der Waals surface area contributed by atoms with E-state index in [0.717, 1.165) is 24.1 Å². The molecule has 2 aromatic heterocycles. The van der Waals surface area contributed by atoms with Gasteiger partial charge in [0.05, 0.1) is 12.2 Å². The fourth-order valence-electron chi connectivity index (χ4n) is 3.14. The number of carbonyl (C=O) groups excluding carboxylic acids is 1. The third kappa shape index (κ3) is 4.34. The van der Waals surface area contributed by atoms with Crippen molar-refractivity contribution in [3.05, 3.63) is 93.9 Å². The molecular formula is C22H22N4O2. The molecule has 0 saturated heterocycles. The van der Waals surface area contributed by atoms with Gasteiger partial charge < -0.3 is 9.88 Å². The lowest BCUT2D eigenvalue weighted by Crippen LogP contribution is -2.36. The largest absolute Gasteiger partial charge is 0.332 e. The van der Waals surface area contributed by atoms with Crippen molar-refractivity contribution in [2.75, 3.05) is 6.54 Å².